The molecule has 0 unspecified atom stereocenters. The summed E-state index contributed by atoms with van der Waals surface area (Å²) in [6, 6.07) is 7.48. The maximum absolute atomic E-state index is 12.1. The van der Waals surface area contributed by atoms with Gasteiger partial charge in [-0.3, -0.25) is 14.5 Å². The molecular weight excluding hydrogens is 314 g/mol. The quantitative estimate of drug-likeness (QED) is 0.817. The summed E-state index contributed by atoms with van der Waals surface area (Å²) >= 11 is 1.59. The Kier molecular flexibility index (Phi) is 4.22. The Balaban J connectivity index is 1.73. The van der Waals surface area contributed by atoms with Crippen LogP contribution in [-0.2, 0) is 9.59 Å². The van der Waals surface area contributed by atoms with E-state index in [4.69, 9.17) is 5.11 Å². The summed E-state index contributed by atoms with van der Waals surface area (Å²) in [6.45, 7) is 1.71. The lowest BCUT2D eigenvalue weighted by atomic mass is 10.1. The van der Waals surface area contributed by atoms with E-state index in [1.807, 2.05) is 36.6 Å². The van der Waals surface area contributed by atoms with Gasteiger partial charge in [0.05, 0.1) is 23.9 Å². The molecule has 118 valence electrons. The van der Waals surface area contributed by atoms with E-state index in [-0.39, 0.29) is 18.8 Å². The molecule has 0 aliphatic carbocycles. The molecule has 0 fully saturated rings. The first-order valence-electron chi connectivity index (χ1n) is 7.06. The van der Waals surface area contributed by atoms with Gasteiger partial charge in [-0.2, -0.15) is 0 Å². The Hall–Kier alpha value is -2.51. The summed E-state index contributed by atoms with van der Waals surface area (Å²) in [5.41, 5.74) is 2.82. The van der Waals surface area contributed by atoms with E-state index >= 15 is 0 Å². The number of amides is 2. The highest BCUT2D eigenvalue weighted by Gasteiger charge is 2.30. The zero-order valence-electron chi connectivity index (χ0n) is 12.4. The molecule has 2 aromatic rings. The van der Waals surface area contributed by atoms with Gasteiger partial charge in [0.15, 0.2) is 0 Å². The normalized spacial score (nSPS) is 14.3. The molecule has 0 bridgehead atoms. The lowest BCUT2D eigenvalue weighted by molar-refractivity contribution is -0.137. The van der Waals surface area contributed by atoms with Crippen molar-refractivity contribution in [2.75, 3.05) is 18.5 Å². The van der Waals surface area contributed by atoms with Crippen molar-refractivity contribution in [3.63, 3.8) is 0 Å². The lowest BCUT2D eigenvalue weighted by Gasteiger charge is -2.13. The second-order valence-corrected chi connectivity index (χ2v) is 6.09. The molecule has 1 aromatic heterocycles. The van der Waals surface area contributed by atoms with Gasteiger partial charge in [-0.15, -0.1) is 11.3 Å². The Morgan fingerprint density at radius 1 is 1.26 bits per heavy atom. The maximum Gasteiger partial charge on any atom is 0.277 e. The van der Waals surface area contributed by atoms with Gasteiger partial charge in [-0.05, 0) is 19.1 Å². The molecule has 6 nitrogen and oxygen atoms in total. The van der Waals surface area contributed by atoms with Gasteiger partial charge in [0, 0.05) is 22.7 Å². The molecule has 0 saturated heterocycles. The first-order valence-corrected chi connectivity index (χ1v) is 7.94. The Morgan fingerprint density at radius 3 is 2.61 bits per heavy atom. The molecule has 23 heavy (non-hydrogen) atoms. The topological polar surface area (TPSA) is 82.5 Å². The van der Waals surface area contributed by atoms with E-state index in [0.717, 1.165) is 21.2 Å². The monoisotopic (exact) mass is 329 g/mol. The van der Waals surface area contributed by atoms with Crippen LogP contribution in [0.2, 0.25) is 0 Å². The van der Waals surface area contributed by atoms with Crippen molar-refractivity contribution >= 4 is 28.8 Å². The third-order valence-electron chi connectivity index (χ3n) is 3.41. The van der Waals surface area contributed by atoms with Crippen LogP contribution < -0.4 is 5.32 Å². The molecule has 1 aliphatic rings. The highest BCUT2D eigenvalue weighted by molar-refractivity contribution is 7.09. The molecule has 1 aliphatic heterocycles. The fraction of sp³-hybridized carbons (Fsp3) is 0.188. The standard InChI is InChI=1S/C16H15N3O3S/c1-10-17-14(9-23-10)11-2-4-12(5-3-11)18-13-8-15(21)19(6-7-20)16(13)22/h2-5,8-9,18,20H,6-7H2,1H3. The minimum absolute atomic E-state index is 0.00145. The van der Waals surface area contributed by atoms with E-state index in [2.05, 4.69) is 10.3 Å². The van der Waals surface area contributed by atoms with Crippen LogP contribution in [-0.4, -0.2) is 40.0 Å². The number of nitrogens with one attached hydrogen (secondary N) is 1. The predicted molar refractivity (Wildman–Crippen MR) is 87.8 cm³/mol. The maximum atomic E-state index is 12.1. The molecule has 1 aromatic carbocycles. The van der Waals surface area contributed by atoms with Gasteiger partial charge in [0.2, 0.25) is 0 Å². The van der Waals surface area contributed by atoms with Gasteiger partial charge in [-0.25, -0.2) is 4.98 Å². The summed E-state index contributed by atoms with van der Waals surface area (Å²) in [7, 11) is 0. The van der Waals surface area contributed by atoms with Crippen LogP contribution in [0.5, 0.6) is 0 Å². The number of rotatable bonds is 5. The number of hydrogen-bond acceptors (Lipinski definition) is 6. The summed E-state index contributed by atoms with van der Waals surface area (Å²) < 4.78 is 0. The average Bonchev–Trinajstić information content (AvgIpc) is 3.08. The molecule has 0 spiro atoms. The summed E-state index contributed by atoms with van der Waals surface area (Å²) in [5.74, 6) is -0.843. The number of anilines is 1. The van der Waals surface area contributed by atoms with Crippen molar-refractivity contribution in [2.24, 2.45) is 0 Å². The molecule has 7 heteroatoms. The molecular formula is C16H15N3O3S. The first kappa shape index (κ1) is 15.4. The fourth-order valence-electron chi connectivity index (χ4n) is 2.29. The van der Waals surface area contributed by atoms with Crippen molar-refractivity contribution < 1.29 is 14.7 Å². The van der Waals surface area contributed by atoms with Crippen LogP contribution >= 0.6 is 11.3 Å². The number of hydrogen-bond donors (Lipinski definition) is 2. The Bertz CT molecular complexity index is 780. The van der Waals surface area contributed by atoms with Crippen LogP contribution in [0.4, 0.5) is 5.69 Å². The van der Waals surface area contributed by atoms with E-state index in [1.54, 1.807) is 11.3 Å². The van der Waals surface area contributed by atoms with E-state index < -0.39 is 11.8 Å². The molecule has 0 atom stereocenters. The van der Waals surface area contributed by atoms with Crippen LogP contribution in [0.15, 0.2) is 41.4 Å². The lowest BCUT2D eigenvalue weighted by Crippen LogP contribution is -2.34. The van der Waals surface area contributed by atoms with E-state index in [9.17, 15) is 9.59 Å². The molecule has 2 heterocycles. The highest BCUT2D eigenvalue weighted by Crippen LogP contribution is 2.24. The summed E-state index contributed by atoms with van der Waals surface area (Å²) in [4.78, 5) is 29.2. The first-order chi connectivity index (χ1) is 11.1. The zero-order valence-corrected chi connectivity index (χ0v) is 13.3. The zero-order chi connectivity index (χ0) is 16.4. The van der Waals surface area contributed by atoms with Crippen LogP contribution in [0, 0.1) is 6.92 Å². The summed E-state index contributed by atoms with van der Waals surface area (Å²) in [5, 5.41) is 14.8. The van der Waals surface area contributed by atoms with Gasteiger partial charge < -0.3 is 10.4 Å². The number of β-amino-alcohol motifs (C(OH)–C–C–N with tert-alkyl or cyclic N) is 1. The molecule has 2 amide bonds. The van der Waals surface area contributed by atoms with Gasteiger partial charge in [0.25, 0.3) is 11.8 Å². The number of aryl methyl sites for hydroxylation is 1. The number of aromatic nitrogens is 1. The molecule has 3 rings (SSSR count). The number of carbonyl (C=O) groups is 2. The number of imide groups is 1. The molecule has 0 radical (unpaired) electrons. The van der Waals surface area contributed by atoms with Crippen molar-refractivity contribution in [3.8, 4) is 11.3 Å². The van der Waals surface area contributed by atoms with Crippen molar-refractivity contribution in [1.82, 2.24) is 9.88 Å². The van der Waals surface area contributed by atoms with Crippen LogP contribution in [0.3, 0.4) is 0 Å². The summed E-state index contributed by atoms with van der Waals surface area (Å²) in [6.07, 6.45) is 1.25. The third-order valence-corrected chi connectivity index (χ3v) is 4.19. The number of aliphatic hydroxyl groups excluding tert-OH is 1. The van der Waals surface area contributed by atoms with Crippen molar-refractivity contribution in [2.45, 2.75) is 6.92 Å². The van der Waals surface area contributed by atoms with Gasteiger partial charge >= 0.3 is 0 Å². The van der Waals surface area contributed by atoms with Gasteiger partial charge in [-0.1, -0.05) is 12.1 Å². The number of nitrogens with zero attached hydrogens (tertiary/aromatic N) is 2. The second kappa shape index (κ2) is 6.31. The Morgan fingerprint density at radius 2 is 2.00 bits per heavy atom. The largest absolute Gasteiger partial charge is 0.395 e. The van der Waals surface area contributed by atoms with E-state index in [0.29, 0.717) is 5.69 Å². The minimum atomic E-state index is -0.428. The fourth-order valence-corrected chi connectivity index (χ4v) is 2.91. The number of benzene rings is 1. The van der Waals surface area contributed by atoms with Crippen molar-refractivity contribution in [3.05, 3.63) is 46.4 Å². The molecule has 0 saturated carbocycles. The minimum Gasteiger partial charge on any atom is -0.395 e. The highest BCUT2D eigenvalue weighted by atomic mass is 32.1. The van der Waals surface area contributed by atoms with E-state index in [1.165, 1.54) is 6.08 Å². The third kappa shape index (κ3) is 3.15. The smallest absolute Gasteiger partial charge is 0.277 e. The number of aliphatic hydroxyl groups is 1. The molecule has 2 N–H and O–H groups in total. The number of carbonyl (C=O) groups excluding carboxylic acids is 2. The second-order valence-electron chi connectivity index (χ2n) is 5.03. The SMILES string of the molecule is Cc1nc(-c2ccc(NC3=CC(=O)N(CCO)C3=O)cc2)cs1. The van der Waals surface area contributed by atoms with Crippen molar-refractivity contribution in [1.29, 1.82) is 0 Å². The number of thiazole rings is 1. The van der Waals surface area contributed by atoms with Crippen LogP contribution in [0.25, 0.3) is 11.3 Å². The van der Waals surface area contributed by atoms with Gasteiger partial charge in [0.1, 0.15) is 5.70 Å². The Labute approximate surface area is 137 Å². The average molecular weight is 329 g/mol. The predicted octanol–water partition coefficient (Wildman–Crippen LogP) is 1.78. The van der Waals surface area contributed by atoms with Crippen LogP contribution in [0.1, 0.15) is 5.01 Å².